The Bertz CT molecular complexity index is 1070. The topological polar surface area (TPSA) is 58.6 Å². The first-order valence-corrected chi connectivity index (χ1v) is 13.3. The van der Waals surface area contributed by atoms with Crippen molar-refractivity contribution in [2.75, 3.05) is 26.2 Å². The molecule has 2 aliphatic carbocycles. The van der Waals surface area contributed by atoms with Gasteiger partial charge in [-0.05, 0) is 86.1 Å². The summed E-state index contributed by atoms with van der Waals surface area (Å²) in [6, 6.07) is 13.6. The van der Waals surface area contributed by atoms with Crippen LogP contribution in [0.1, 0.15) is 48.3 Å². The van der Waals surface area contributed by atoms with Crippen LogP contribution in [-0.4, -0.2) is 50.9 Å². The van der Waals surface area contributed by atoms with Crippen molar-refractivity contribution in [1.82, 2.24) is 9.62 Å². The highest BCUT2D eigenvalue weighted by atomic mass is 32.2. The largest absolute Gasteiger partial charge is 0.492 e. The lowest BCUT2D eigenvalue weighted by atomic mass is 9.89. The summed E-state index contributed by atoms with van der Waals surface area (Å²) in [7, 11) is -3.21. The second-order valence-electron chi connectivity index (χ2n) is 9.30. The predicted octanol–water partition coefficient (Wildman–Crippen LogP) is 3.63. The van der Waals surface area contributed by atoms with E-state index in [1.54, 1.807) is 12.1 Å². The minimum absolute atomic E-state index is 0.192. The van der Waals surface area contributed by atoms with Crippen molar-refractivity contribution in [3.8, 4) is 5.75 Å². The van der Waals surface area contributed by atoms with E-state index in [0.717, 1.165) is 56.5 Å². The third-order valence-corrected chi connectivity index (χ3v) is 9.24. The Hall–Kier alpha value is -1.96. The van der Waals surface area contributed by atoms with E-state index in [-0.39, 0.29) is 17.6 Å². The van der Waals surface area contributed by atoms with Gasteiger partial charge in [0.1, 0.15) is 18.2 Å². The highest BCUT2D eigenvalue weighted by Crippen LogP contribution is 2.41. The van der Waals surface area contributed by atoms with Crippen LogP contribution in [0.15, 0.2) is 42.5 Å². The van der Waals surface area contributed by atoms with Gasteiger partial charge in [0.2, 0.25) is 10.0 Å². The molecule has 2 aromatic rings. The molecule has 1 saturated carbocycles. The van der Waals surface area contributed by atoms with E-state index < -0.39 is 10.0 Å². The summed E-state index contributed by atoms with van der Waals surface area (Å²) >= 11 is 0. The van der Waals surface area contributed by atoms with E-state index in [2.05, 4.69) is 21.8 Å². The zero-order valence-electron chi connectivity index (χ0n) is 18.3. The molecule has 2 fully saturated rings. The number of ether oxygens (including phenoxy) is 1. The average Bonchev–Trinajstić information content (AvgIpc) is 2.99. The van der Waals surface area contributed by atoms with E-state index in [9.17, 15) is 12.8 Å². The van der Waals surface area contributed by atoms with Gasteiger partial charge < -0.3 is 4.74 Å². The zero-order chi connectivity index (χ0) is 22.1. The van der Waals surface area contributed by atoms with Crippen molar-refractivity contribution in [2.45, 2.75) is 55.7 Å². The summed E-state index contributed by atoms with van der Waals surface area (Å²) in [5, 5.41) is -0.232. The molecule has 0 aromatic heterocycles. The molecule has 1 N–H and O–H groups in total. The van der Waals surface area contributed by atoms with Crippen LogP contribution in [0.4, 0.5) is 4.39 Å². The highest BCUT2D eigenvalue weighted by molar-refractivity contribution is 7.90. The van der Waals surface area contributed by atoms with Gasteiger partial charge in [0.25, 0.3) is 0 Å². The monoisotopic (exact) mass is 458 g/mol. The Labute approximate surface area is 190 Å². The predicted molar refractivity (Wildman–Crippen MR) is 123 cm³/mol. The number of fused-ring (bicyclic) bond motifs is 1. The number of halogens is 1. The number of likely N-dealkylation sites (tertiary alicyclic amines) is 1. The van der Waals surface area contributed by atoms with Crippen LogP contribution in [0.5, 0.6) is 5.75 Å². The Morgan fingerprint density at radius 3 is 2.62 bits per heavy atom. The van der Waals surface area contributed by atoms with E-state index in [4.69, 9.17) is 4.74 Å². The minimum atomic E-state index is -3.21. The molecular formula is C25H31FN2O3S. The van der Waals surface area contributed by atoms with Crippen molar-refractivity contribution in [2.24, 2.45) is 0 Å². The average molecular weight is 459 g/mol. The van der Waals surface area contributed by atoms with Gasteiger partial charge in [-0.2, -0.15) is 0 Å². The molecule has 3 aliphatic rings. The Balaban J connectivity index is 1.27. The quantitative estimate of drug-likeness (QED) is 0.583. The van der Waals surface area contributed by atoms with Crippen LogP contribution in [0.3, 0.4) is 0 Å². The van der Waals surface area contributed by atoms with Crippen molar-refractivity contribution in [3.05, 3.63) is 65.0 Å². The molecule has 2 atom stereocenters. The number of hydrogen-bond acceptors (Lipinski definition) is 4. The fourth-order valence-electron chi connectivity index (χ4n) is 5.14. The molecule has 2 unspecified atom stereocenters. The number of hydrogen-bond donors (Lipinski definition) is 1. The summed E-state index contributed by atoms with van der Waals surface area (Å²) in [5.41, 5.74) is 3.63. The van der Waals surface area contributed by atoms with Gasteiger partial charge in [0, 0.05) is 18.5 Å². The van der Waals surface area contributed by atoms with Gasteiger partial charge in [-0.1, -0.05) is 24.6 Å². The standard InChI is InChI=1S/C25H31FN2O3S/c26-20-5-1-4-18(14-20)15-24-23-17-21(9-8-19(23)16-25(24)28-11-3-12-28)31-13-10-27-32(29,30)22-6-2-7-22/h1,4-5,8-9,14,17,22,24-25,27H,2-3,6-7,10-13,15-16H2. The van der Waals surface area contributed by atoms with Gasteiger partial charge in [0.15, 0.2) is 0 Å². The SMILES string of the molecule is O=S(=O)(NCCOc1ccc2c(c1)C(Cc1cccc(F)c1)C(N1CCC1)C2)C1CCC1. The van der Waals surface area contributed by atoms with Crippen LogP contribution in [0.2, 0.25) is 0 Å². The van der Waals surface area contributed by atoms with Crippen LogP contribution in [0, 0.1) is 5.82 Å². The summed E-state index contributed by atoms with van der Waals surface area (Å²) in [6.45, 7) is 2.83. The Morgan fingerprint density at radius 2 is 1.94 bits per heavy atom. The summed E-state index contributed by atoms with van der Waals surface area (Å²) in [5.74, 6) is 0.871. The number of rotatable bonds is 9. The molecule has 172 valence electrons. The summed E-state index contributed by atoms with van der Waals surface area (Å²) < 4.78 is 46.7. The third kappa shape index (κ3) is 4.56. The molecule has 2 aromatic carbocycles. The molecule has 0 spiro atoms. The smallest absolute Gasteiger partial charge is 0.214 e. The van der Waals surface area contributed by atoms with E-state index in [1.807, 2.05) is 12.1 Å². The number of sulfonamides is 1. The zero-order valence-corrected chi connectivity index (χ0v) is 19.1. The maximum atomic E-state index is 13.8. The molecule has 32 heavy (non-hydrogen) atoms. The van der Waals surface area contributed by atoms with Crippen LogP contribution >= 0.6 is 0 Å². The lowest BCUT2D eigenvalue weighted by Crippen LogP contribution is -2.47. The molecule has 1 heterocycles. The summed E-state index contributed by atoms with van der Waals surface area (Å²) in [6.07, 6.45) is 5.56. The molecular weight excluding hydrogens is 427 g/mol. The van der Waals surface area contributed by atoms with Crippen LogP contribution in [-0.2, 0) is 22.9 Å². The Kier molecular flexibility index (Phi) is 6.23. The van der Waals surface area contributed by atoms with Gasteiger partial charge in [-0.3, -0.25) is 4.90 Å². The van der Waals surface area contributed by atoms with E-state index in [1.165, 1.54) is 23.6 Å². The fourth-order valence-corrected chi connectivity index (χ4v) is 6.70. The first-order valence-electron chi connectivity index (χ1n) is 11.7. The van der Waals surface area contributed by atoms with Gasteiger partial charge in [0.05, 0.1) is 5.25 Å². The molecule has 0 radical (unpaired) electrons. The molecule has 0 bridgehead atoms. The maximum absolute atomic E-state index is 13.8. The Morgan fingerprint density at radius 1 is 1.09 bits per heavy atom. The molecule has 0 amide bonds. The van der Waals surface area contributed by atoms with Crippen molar-refractivity contribution < 1.29 is 17.5 Å². The molecule has 5 rings (SSSR count). The third-order valence-electron chi connectivity index (χ3n) is 7.28. The van der Waals surface area contributed by atoms with E-state index >= 15 is 0 Å². The molecule has 1 saturated heterocycles. The lowest BCUT2D eigenvalue weighted by Gasteiger charge is -2.39. The van der Waals surface area contributed by atoms with Gasteiger partial charge in [-0.25, -0.2) is 17.5 Å². The van der Waals surface area contributed by atoms with E-state index in [0.29, 0.717) is 18.6 Å². The van der Waals surface area contributed by atoms with Crippen LogP contribution in [0.25, 0.3) is 0 Å². The summed E-state index contributed by atoms with van der Waals surface area (Å²) in [4.78, 5) is 2.54. The number of benzene rings is 2. The maximum Gasteiger partial charge on any atom is 0.214 e. The van der Waals surface area contributed by atoms with Gasteiger partial charge in [-0.15, -0.1) is 0 Å². The van der Waals surface area contributed by atoms with Crippen LogP contribution < -0.4 is 9.46 Å². The normalized spacial score (nSPS) is 23.4. The number of nitrogens with one attached hydrogen (secondary N) is 1. The minimum Gasteiger partial charge on any atom is -0.492 e. The van der Waals surface area contributed by atoms with Crippen molar-refractivity contribution in [3.63, 3.8) is 0 Å². The lowest BCUT2D eigenvalue weighted by molar-refractivity contribution is 0.106. The number of nitrogens with zero attached hydrogens (tertiary/aromatic N) is 1. The van der Waals surface area contributed by atoms with Crippen molar-refractivity contribution in [1.29, 1.82) is 0 Å². The first kappa shape index (κ1) is 21.9. The molecule has 7 heteroatoms. The molecule has 1 aliphatic heterocycles. The fraction of sp³-hybridized carbons (Fsp3) is 0.520. The highest BCUT2D eigenvalue weighted by Gasteiger charge is 2.38. The second-order valence-corrected chi connectivity index (χ2v) is 11.3. The van der Waals surface area contributed by atoms with Gasteiger partial charge >= 0.3 is 0 Å². The second kappa shape index (κ2) is 9.12. The molecule has 5 nitrogen and oxygen atoms in total. The van der Waals surface area contributed by atoms with Crippen molar-refractivity contribution >= 4 is 10.0 Å². The first-order chi connectivity index (χ1) is 15.5.